The van der Waals surface area contributed by atoms with Crippen LogP contribution in [0.3, 0.4) is 0 Å². The van der Waals surface area contributed by atoms with Crippen LogP contribution in [-0.4, -0.2) is 19.5 Å². The summed E-state index contributed by atoms with van der Waals surface area (Å²) in [6, 6.07) is 0. The number of aromatic nitrogens is 4. The van der Waals surface area contributed by atoms with Gasteiger partial charge in [-0.1, -0.05) is 25.4 Å². The number of hydrogen-bond donors (Lipinski definition) is 0. The molecular weight excluding hydrogens is 224 g/mol. The Hall–Kier alpha value is -1.16. The van der Waals surface area contributed by atoms with E-state index in [-0.39, 0.29) is 0 Å². The molecule has 0 saturated heterocycles. The van der Waals surface area contributed by atoms with Crippen LogP contribution >= 0.6 is 11.6 Å². The number of rotatable bonds is 3. The maximum atomic E-state index is 6.08. The van der Waals surface area contributed by atoms with Gasteiger partial charge in [-0.25, -0.2) is 15.0 Å². The van der Waals surface area contributed by atoms with Crippen molar-refractivity contribution < 1.29 is 0 Å². The van der Waals surface area contributed by atoms with Crippen molar-refractivity contribution >= 4 is 22.8 Å². The second-order valence-electron chi connectivity index (χ2n) is 3.77. The standard InChI is InChI=1S/C11H15ClN4/c1-4-6-16-8(5-2)15-9-10(12)13-7(3)14-11(9)16/h4-6H2,1-3H3. The minimum atomic E-state index is 0.451. The van der Waals surface area contributed by atoms with Crippen molar-refractivity contribution in [2.24, 2.45) is 0 Å². The summed E-state index contributed by atoms with van der Waals surface area (Å²) in [4.78, 5) is 13.1. The van der Waals surface area contributed by atoms with E-state index < -0.39 is 0 Å². The highest BCUT2D eigenvalue weighted by atomic mass is 35.5. The fourth-order valence-electron chi connectivity index (χ4n) is 1.84. The molecule has 0 spiro atoms. The number of hydrogen-bond acceptors (Lipinski definition) is 3. The molecule has 0 radical (unpaired) electrons. The summed E-state index contributed by atoms with van der Waals surface area (Å²) in [7, 11) is 0. The predicted octanol–water partition coefficient (Wildman–Crippen LogP) is 2.76. The van der Waals surface area contributed by atoms with Crippen molar-refractivity contribution in [2.75, 3.05) is 0 Å². The molecule has 0 fully saturated rings. The summed E-state index contributed by atoms with van der Waals surface area (Å²) < 4.78 is 2.13. The van der Waals surface area contributed by atoms with Crippen LogP contribution in [0.4, 0.5) is 0 Å². The number of nitrogens with zero attached hydrogens (tertiary/aromatic N) is 4. The lowest BCUT2D eigenvalue weighted by Gasteiger charge is -2.05. The monoisotopic (exact) mass is 238 g/mol. The Balaban J connectivity index is 2.73. The maximum Gasteiger partial charge on any atom is 0.165 e. The summed E-state index contributed by atoms with van der Waals surface area (Å²) in [5.74, 6) is 1.72. The van der Waals surface area contributed by atoms with Gasteiger partial charge < -0.3 is 4.57 Å². The number of imidazole rings is 1. The highest BCUT2D eigenvalue weighted by Gasteiger charge is 2.14. The quantitative estimate of drug-likeness (QED) is 0.773. The summed E-state index contributed by atoms with van der Waals surface area (Å²) >= 11 is 6.08. The molecule has 4 nitrogen and oxygen atoms in total. The summed E-state index contributed by atoms with van der Waals surface area (Å²) in [5.41, 5.74) is 1.58. The molecule has 16 heavy (non-hydrogen) atoms. The number of fused-ring (bicyclic) bond motifs is 1. The zero-order valence-electron chi connectivity index (χ0n) is 9.79. The molecule has 5 heteroatoms. The molecule has 0 aliphatic carbocycles. The van der Waals surface area contributed by atoms with E-state index in [1.165, 1.54) is 0 Å². The maximum absolute atomic E-state index is 6.08. The highest BCUT2D eigenvalue weighted by Crippen LogP contribution is 2.21. The first-order chi connectivity index (χ1) is 7.67. The van der Waals surface area contributed by atoms with Crippen molar-refractivity contribution in [2.45, 2.75) is 40.2 Å². The Morgan fingerprint density at radius 2 is 1.94 bits per heavy atom. The molecule has 2 heterocycles. The van der Waals surface area contributed by atoms with Crippen LogP contribution in [0.25, 0.3) is 11.2 Å². The van der Waals surface area contributed by atoms with Crippen LogP contribution in [0, 0.1) is 6.92 Å². The molecule has 0 aromatic carbocycles. The van der Waals surface area contributed by atoms with Gasteiger partial charge >= 0.3 is 0 Å². The molecule has 0 bridgehead atoms. The largest absolute Gasteiger partial charge is 0.313 e. The van der Waals surface area contributed by atoms with Crippen LogP contribution in [0.2, 0.25) is 5.15 Å². The third-order valence-electron chi connectivity index (χ3n) is 2.51. The van der Waals surface area contributed by atoms with E-state index >= 15 is 0 Å². The van der Waals surface area contributed by atoms with Gasteiger partial charge in [0, 0.05) is 13.0 Å². The topological polar surface area (TPSA) is 43.6 Å². The van der Waals surface area contributed by atoms with Gasteiger partial charge in [-0.05, 0) is 13.3 Å². The molecule has 0 N–H and O–H groups in total. The van der Waals surface area contributed by atoms with Crippen molar-refractivity contribution in [3.63, 3.8) is 0 Å². The van der Waals surface area contributed by atoms with Crippen LogP contribution < -0.4 is 0 Å². The van der Waals surface area contributed by atoms with Crippen molar-refractivity contribution in [1.82, 2.24) is 19.5 Å². The number of halogens is 1. The van der Waals surface area contributed by atoms with E-state index in [0.717, 1.165) is 36.4 Å². The van der Waals surface area contributed by atoms with E-state index in [0.29, 0.717) is 11.0 Å². The van der Waals surface area contributed by atoms with Gasteiger partial charge in [-0.15, -0.1) is 0 Å². The van der Waals surface area contributed by atoms with Gasteiger partial charge in [-0.2, -0.15) is 0 Å². The lowest BCUT2D eigenvalue weighted by molar-refractivity contribution is 0.654. The second-order valence-corrected chi connectivity index (χ2v) is 4.13. The Bertz CT molecular complexity index is 518. The van der Waals surface area contributed by atoms with Crippen LogP contribution in [0.5, 0.6) is 0 Å². The Morgan fingerprint density at radius 3 is 2.56 bits per heavy atom. The van der Waals surface area contributed by atoms with E-state index in [1.54, 1.807) is 0 Å². The van der Waals surface area contributed by atoms with Gasteiger partial charge in [0.2, 0.25) is 0 Å². The van der Waals surface area contributed by atoms with Gasteiger partial charge in [0.1, 0.15) is 17.2 Å². The zero-order chi connectivity index (χ0) is 11.7. The molecule has 0 aliphatic heterocycles. The molecule has 2 aromatic heterocycles. The van der Waals surface area contributed by atoms with Crippen LogP contribution in [-0.2, 0) is 13.0 Å². The minimum absolute atomic E-state index is 0.451. The fraction of sp³-hybridized carbons (Fsp3) is 0.545. The van der Waals surface area contributed by atoms with Crippen molar-refractivity contribution in [3.8, 4) is 0 Å². The van der Waals surface area contributed by atoms with Gasteiger partial charge in [0.15, 0.2) is 10.8 Å². The first kappa shape index (κ1) is 11.3. The lowest BCUT2D eigenvalue weighted by Crippen LogP contribution is -2.03. The van der Waals surface area contributed by atoms with E-state index in [1.807, 2.05) is 6.92 Å². The normalized spacial score (nSPS) is 11.2. The van der Waals surface area contributed by atoms with Crippen LogP contribution in [0.15, 0.2) is 0 Å². The van der Waals surface area contributed by atoms with Crippen molar-refractivity contribution in [1.29, 1.82) is 0 Å². The van der Waals surface area contributed by atoms with Gasteiger partial charge in [0.05, 0.1) is 0 Å². The molecule has 2 rings (SSSR count). The summed E-state index contributed by atoms with van der Waals surface area (Å²) in [6.07, 6.45) is 1.94. The predicted molar refractivity (Wildman–Crippen MR) is 64.7 cm³/mol. The molecule has 0 aliphatic rings. The van der Waals surface area contributed by atoms with Crippen molar-refractivity contribution in [3.05, 3.63) is 16.8 Å². The molecule has 0 atom stereocenters. The average Bonchev–Trinajstić information content (AvgIpc) is 2.58. The molecule has 2 aromatic rings. The van der Waals surface area contributed by atoms with Gasteiger partial charge in [-0.3, -0.25) is 0 Å². The molecule has 0 unspecified atom stereocenters. The van der Waals surface area contributed by atoms with Crippen LogP contribution in [0.1, 0.15) is 31.9 Å². The molecule has 0 amide bonds. The highest BCUT2D eigenvalue weighted by molar-refractivity contribution is 6.33. The van der Waals surface area contributed by atoms with E-state index in [4.69, 9.17) is 11.6 Å². The van der Waals surface area contributed by atoms with E-state index in [9.17, 15) is 0 Å². The summed E-state index contributed by atoms with van der Waals surface area (Å²) in [5, 5.41) is 0.451. The zero-order valence-corrected chi connectivity index (χ0v) is 10.5. The third-order valence-corrected chi connectivity index (χ3v) is 2.77. The lowest BCUT2D eigenvalue weighted by atomic mass is 10.4. The molecular formula is C11H15ClN4. The fourth-order valence-corrected chi connectivity index (χ4v) is 2.09. The first-order valence-corrected chi connectivity index (χ1v) is 5.94. The van der Waals surface area contributed by atoms with Gasteiger partial charge in [0.25, 0.3) is 0 Å². The average molecular weight is 239 g/mol. The minimum Gasteiger partial charge on any atom is -0.313 e. The first-order valence-electron chi connectivity index (χ1n) is 5.56. The Morgan fingerprint density at radius 1 is 1.19 bits per heavy atom. The SMILES string of the molecule is CCCn1c(CC)nc2c(Cl)nc(C)nc21. The van der Waals surface area contributed by atoms with E-state index in [2.05, 4.69) is 33.4 Å². The summed E-state index contributed by atoms with van der Waals surface area (Å²) in [6.45, 7) is 7.00. The molecule has 0 saturated carbocycles. The third kappa shape index (κ3) is 1.78. The number of aryl methyl sites for hydroxylation is 3. The Kier molecular flexibility index (Phi) is 3.10. The Labute approximate surface area is 99.7 Å². The second kappa shape index (κ2) is 4.37. The smallest absolute Gasteiger partial charge is 0.165 e. The molecule has 86 valence electrons.